The Bertz CT molecular complexity index is 458. The van der Waals surface area contributed by atoms with Crippen molar-refractivity contribution in [3.63, 3.8) is 0 Å². The van der Waals surface area contributed by atoms with Crippen LogP contribution in [-0.4, -0.2) is 37.1 Å². The Hall–Kier alpha value is -0.940. The van der Waals surface area contributed by atoms with Gasteiger partial charge in [-0.25, -0.2) is 4.39 Å². The highest BCUT2D eigenvalue weighted by Crippen LogP contribution is 2.23. The van der Waals surface area contributed by atoms with E-state index in [2.05, 4.69) is 15.9 Å². The van der Waals surface area contributed by atoms with E-state index in [9.17, 15) is 9.18 Å². The van der Waals surface area contributed by atoms with Crippen molar-refractivity contribution < 1.29 is 13.9 Å². The minimum atomic E-state index is -0.492. The van der Waals surface area contributed by atoms with Crippen molar-refractivity contribution in [2.75, 3.05) is 20.2 Å². The first-order valence-corrected chi connectivity index (χ1v) is 6.10. The van der Waals surface area contributed by atoms with E-state index >= 15 is 0 Å². The molecule has 1 saturated heterocycles. The lowest BCUT2D eigenvalue weighted by Gasteiger charge is -2.38. The molecule has 0 aromatic heterocycles. The Balaban J connectivity index is 2.18. The van der Waals surface area contributed by atoms with E-state index < -0.39 is 5.82 Å². The molecule has 0 saturated carbocycles. The van der Waals surface area contributed by atoms with E-state index in [0.29, 0.717) is 17.6 Å². The van der Waals surface area contributed by atoms with Gasteiger partial charge >= 0.3 is 0 Å². The molecule has 0 atom stereocenters. The fourth-order valence-corrected chi connectivity index (χ4v) is 2.06. The third-order valence-electron chi connectivity index (χ3n) is 2.95. The lowest BCUT2D eigenvalue weighted by Crippen LogP contribution is -2.54. The van der Waals surface area contributed by atoms with Gasteiger partial charge in [-0.05, 0) is 24.6 Å². The molecule has 0 bridgehead atoms. The van der Waals surface area contributed by atoms with Crippen LogP contribution in [0.3, 0.4) is 0 Å². The first kappa shape index (κ1) is 12.5. The normalized spacial score (nSPS) is 15.9. The molecule has 0 unspecified atom stereocenters. The molecule has 0 N–H and O–H groups in total. The van der Waals surface area contributed by atoms with Crippen LogP contribution >= 0.6 is 15.9 Å². The zero-order valence-corrected chi connectivity index (χ0v) is 11.3. The number of amides is 1. The zero-order chi connectivity index (χ0) is 12.6. The SMILES string of the molecule is COC1CN(C(=O)c2cc(C)c(Br)cc2F)C1. The van der Waals surface area contributed by atoms with Gasteiger partial charge in [0.2, 0.25) is 0 Å². The molecule has 1 aliphatic heterocycles. The fourth-order valence-electron chi connectivity index (χ4n) is 1.74. The average molecular weight is 302 g/mol. The molecule has 92 valence electrons. The molecule has 1 aliphatic rings. The van der Waals surface area contributed by atoms with Crippen LogP contribution in [0, 0.1) is 12.7 Å². The maximum Gasteiger partial charge on any atom is 0.257 e. The highest BCUT2D eigenvalue weighted by Gasteiger charge is 2.32. The van der Waals surface area contributed by atoms with Crippen LogP contribution in [0.2, 0.25) is 0 Å². The highest BCUT2D eigenvalue weighted by atomic mass is 79.9. The lowest BCUT2D eigenvalue weighted by molar-refractivity contribution is -0.0194. The third kappa shape index (κ3) is 2.35. The van der Waals surface area contributed by atoms with E-state index in [0.717, 1.165) is 5.56 Å². The molecule has 3 nitrogen and oxygen atoms in total. The summed E-state index contributed by atoms with van der Waals surface area (Å²) in [4.78, 5) is 13.6. The van der Waals surface area contributed by atoms with Gasteiger partial charge in [-0.1, -0.05) is 15.9 Å². The van der Waals surface area contributed by atoms with Gasteiger partial charge in [0.1, 0.15) is 5.82 Å². The summed E-state index contributed by atoms with van der Waals surface area (Å²) in [6, 6.07) is 2.90. The van der Waals surface area contributed by atoms with Gasteiger partial charge in [-0.3, -0.25) is 4.79 Å². The molecule has 17 heavy (non-hydrogen) atoms. The average Bonchev–Trinajstić information content (AvgIpc) is 2.21. The van der Waals surface area contributed by atoms with Gasteiger partial charge in [-0.15, -0.1) is 0 Å². The van der Waals surface area contributed by atoms with Gasteiger partial charge in [0.05, 0.1) is 11.7 Å². The molecule has 1 aromatic carbocycles. The number of carbonyl (C=O) groups is 1. The number of hydrogen-bond donors (Lipinski definition) is 0. The summed E-state index contributed by atoms with van der Waals surface area (Å²) in [5, 5.41) is 0. The predicted octanol–water partition coefficient (Wildman–Crippen LogP) is 2.37. The van der Waals surface area contributed by atoms with Crippen LogP contribution in [0.15, 0.2) is 16.6 Å². The predicted molar refractivity (Wildman–Crippen MR) is 65.5 cm³/mol. The molecule has 1 heterocycles. The number of nitrogens with zero attached hydrogens (tertiary/aromatic N) is 1. The molecule has 2 rings (SSSR count). The number of benzene rings is 1. The van der Waals surface area contributed by atoms with Gasteiger partial charge < -0.3 is 9.64 Å². The molecule has 1 fully saturated rings. The largest absolute Gasteiger partial charge is 0.378 e. The van der Waals surface area contributed by atoms with Gasteiger partial charge in [0.25, 0.3) is 5.91 Å². The van der Waals surface area contributed by atoms with Crippen LogP contribution in [0.4, 0.5) is 4.39 Å². The summed E-state index contributed by atoms with van der Waals surface area (Å²) in [7, 11) is 1.61. The number of ether oxygens (including phenoxy) is 1. The number of likely N-dealkylation sites (tertiary alicyclic amines) is 1. The van der Waals surface area contributed by atoms with Crippen LogP contribution in [0.5, 0.6) is 0 Å². The van der Waals surface area contributed by atoms with E-state index in [-0.39, 0.29) is 17.6 Å². The molecular formula is C12H13BrFNO2. The molecule has 0 spiro atoms. The standard InChI is InChI=1S/C12H13BrFNO2/c1-7-3-9(11(14)4-10(7)13)12(16)15-5-8(6-15)17-2/h3-4,8H,5-6H2,1-2H3. The molecule has 0 radical (unpaired) electrons. The minimum Gasteiger partial charge on any atom is -0.378 e. The van der Waals surface area contributed by atoms with Crippen molar-refractivity contribution in [1.82, 2.24) is 4.90 Å². The number of methoxy groups -OCH3 is 1. The van der Waals surface area contributed by atoms with E-state index in [4.69, 9.17) is 4.74 Å². The summed E-state index contributed by atoms with van der Waals surface area (Å²) in [5.41, 5.74) is 0.971. The Labute approximate surface area is 108 Å². The minimum absolute atomic E-state index is 0.0820. The molecular weight excluding hydrogens is 289 g/mol. The van der Waals surface area contributed by atoms with Crippen molar-refractivity contribution in [3.05, 3.63) is 33.5 Å². The van der Waals surface area contributed by atoms with Crippen molar-refractivity contribution in [2.24, 2.45) is 0 Å². The van der Waals surface area contributed by atoms with E-state index in [1.165, 1.54) is 6.07 Å². The molecule has 0 aliphatic carbocycles. The number of hydrogen-bond acceptors (Lipinski definition) is 2. The highest BCUT2D eigenvalue weighted by molar-refractivity contribution is 9.10. The van der Waals surface area contributed by atoms with Crippen LogP contribution in [0.1, 0.15) is 15.9 Å². The summed E-state index contributed by atoms with van der Waals surface area (Å²) in [6.07, 6.45) is 0.0820. The Kier molecular flexibility index (Phi) is 3.49. The number of carbonyl (C=O) groups excluding carboxylic acids is 1. The van der Waals surface area contributed by atoms with Gasteiger partial charge in [-0.2, -0.15) is 0 Å². The summed E-state index contributed by atoms with van der Waals surface area (Å²) in [5.74, 6) is -0.764. The van der Waals surface area contributed by atoms with Crippen molar-refractivity contribution in [1.29, 1.82) is 0 Å². The monoisotopic (exact) mass is 301 g/mol. The lowest BCUT2D eigenvalue weighted by atomic mass is 10.1. The molecule has 5 heteroatoms. The number of rotatable bonds is 2. The van der Waals surface area contributed by atoms with Crippen molar-refractivity contribution >= 4 is 21.8 Å². The van der Waals surface area contributed by atoms with Gasteiger partial charge in [0, 0.05) is 24.7 Å². The van der Waals surface area contributed by atoms with Crippen LogP contribution < -0.4 is 0 Å². The Morgan fingerprint density at radius 3 is 2.76 bits per heavy atom. The Morgan fingerprint density at radius 1 is 1.53 bits per heavy atom. The van der Waals surface area contributed by atoms with E-state index in [1.807, 2.05) is 6.92 Å². The zero-order valence-electron chi connectivity index (χ0n) is 9.67. The van der Waals surface area contributed by atoms with Crippen molar-refractivity contribution in [2.45, 2.75) is 13.0 Å². The first-order valence-electron chi connectivity index (χ1n) is 5.30. The second kappa shape index (κ2) is 4.74. The summed E-state index contributed by atoms with van der Waals surface area (Å²) < 4.78 is 19.4. The second-order valence-electron chi connectivity index (χ2n) is 4.15. The quantitative estimate of drug-likeness (QED) is 0.839. The van der Waals surface area contributed by atoms with Crippen LogP contribution in [0.25, 0.3) is 0 Å². The summed E-state index contributed by atoms with van der Waals surface area (Å²) in [6.45, 7) is 2.89. The van der Waals surface area contributed by atoms with Crippen molar-refractivity contribution in [3.8, 4) is 0 Å². The number of halogens is 2. The molecule has 1 aromatic rings. The Morgan fingerprint density at radius 2 is 2.18 bits per heavy atom. The first-order chi connectivity index (χ1) is 8.02. The fraction of sp³-hybridized carbons (Fsp3) is 0.417. The van der Waals surface area contributed by atoms with Crippen LogP contribution in [-0.2, 0) is 4.74 Å². The summed E-state index contributed by atoms with van der Waals surface area (Å²) >= 11 is 3.23. The second-order valence-corrected chi connectivity index (χ2v) is 5.00. The maximum atomic E-state index is 13.7. The third-order valence-corrected chi connectivity index (χ3v) is 3.80. The topological polar surface area (TPSA) is 29.5 Å². The molecule has 1 amide bonds. The maximum absolute atomic E-state index is 13.7. The smallest absolute Gasteiger partial charge is 0.257 e. The van der Waals surface area contributed by atoms with Gasteiger partial charge in [0.15, 0.2) is 0 Å². The van der Waals surface area contributed by atoms with E-state index in [1.54, 1.807) is 18.1 Å². The number of aryl methyl sites for hydroxylation is 1.